The van der Waals surface area contributed by atoms with Crippen LogP contribution in [0.25, 0.3) is 0 Å². The minimum absolute atomic E-state index is 0.0703. The van der Waals surface area contributed by atoms with E-state index in [9.17, 15) is 9.59 Å². The van der Waals surface area contributed by atoms with Crippen LogP contribution in [0.5, 0.6) is 11.5 Å². The van der Waals surface area contributed by atoms with Crippen LogP contribution in [0.4, 0.5) is 5.69 Å². The summed E-state index contributed by atoms with van der Waals surface area (Å²) in [6.45, 7) is 4.70. The molecule has 29 heavy (non-hydrogen) atoms. The molecule has 156 valence electrons. The van der Waals surface area contributed by atoms with Gasteiger partial charge in [-0.05, 0) is 55.0 Å². The molecule has 0 bridgehead atoms. The van der Waals surface area contributed by atoms with Crippen molar-refractivity contribution in [2.75, 3.05) is 11.9 Å². The van der Waals surface area contributed by atoms with Crippen LogP contribution in [0, 0.1) is 0 Å². The lowest BCUT2D eigenvalue weighted by atomic mass is 10.1. The highest BCUT2D eigenvalue weighted by molar-refractivity contribution is 5.93. The lowest BCUT2D eigenvalue weighted by Gasteiger charge is -2.08. The van der Waals surface area contributed by atoms with Crippen LogP contribution in [-0.4, -0.2) is 18.5 Å². The van der Waals surface area contributed by atoms with Crippen LogP contribution in [0.2, 0.25) is 0 Å². The number of unbranched alkanes of at least 4 members (excludes halogenated alkanes) is 5. The number of carbonyl (C=O) groups excluding carboxylic acids is 2. The molecule has 0 saturated heterocycles. The molecule has 0 aliphatic rings. The van der Waals surface area contributed by atoms with Crippen LogP contribution in [0.15, 0.2) is 48.5 Å². The molecule has 1 N–H and O–H groups in total. The maximum atomic E-state index is 12.3. The van der Waals surface area contributed by atoms with E-state index in [1.807, 2.05) is 12.1 Å². The van der Waals surface area contributed by atoms with Crippen molar-refractivity contribution in [1.82, 2.24) is 0 Å². The Labute approximate surface area is 173 Å². The Hall–Kier alpha value is -2.82. The summed E-state index contributed by atoms with van der Waals surface area (Å²) < 4.78 is 11.1. The fourth-order valence-electron chi connectivity index (χ4n) is 2.78. The summed E-state index contributed by atoms with van der Waals surface area (Å²) in [5, 5.41) is 2.74. The van der Waals surface area contributed by atoms with E-state index in [2.05, 4.69) is 12.2 Å². The van der Waals surface area contributed by atoms with E-state index >= 15 is 0 Å². The Bertz CT molecular complexity index is 753. The first-order chi connectivity index (χ1) is 14.1. The van der Waals surface area contributed by atoms with Gasteiger partial charge in [0, 0.05) is 12.1 Å². The number of nitrogens with one attached hydrogen (secondary N) is 1. The second kappa shape index (κ2) is 12.6. The molecule has 1 amide bonds. The normalized spacial score (nSPS) is 10.4. The minimum atomic E-state index is -0.445. The summed E-state index contributed by atoms with van der Waals surface area (Å²) in [6, 6.07) is 13.7. The highest BCUT2D eigenvalue weighted by Gasteiger charge is 2.09. The lowest BCUT2D eigenvalue weighted by Crippen LogP contribution is -2.11. The smallest absolute Gasteiger partial charge is 0.343 e. The summed E-state index contributed by atoms with van der Waals surface area (Å²) in [7, 11) is 0. The Balaban J connectivity index is 1.75. The first kappa shape index (κ1) is 22.5. The van der Waals surface area contributed by atoms with Crippen molar-refractivity contribution < 1.29 is 19.1 Å². The zero-order valence-corrected chi connectivity index (χ0v) is 17.4. The van der Waals surface area contributed by atoms with Gasteiger partial charge < -0.3 is 14.8 Å². The third kappa shape index (κ3) is 8.38. The maximum absolute atomic E-state index is 12.3. The van der Waals surface area contributed by atoms with Crippen LogP contribution in [-0.2, 0) is 4.79 Å². The zero-order chi connectivity index (χ0) is 20.9. The number of ether oxygens (including phenoxy) is 2. The van der Waals surface area contributed by atoms with E-state index in [1.165, 1.54) is 32.1 Å². The van der Waals surface area contributed by atoms with Gasteiger partial charge in [-0.15, -0.1) is 0 Å². The topological polar surface area (TPSA) is 64.6 Å². The number of hydrogen-bond donors (Lipinski definition) is 1. The Morgan fingerprint density at radius 1 is 0.793 bits per heavy atom. The number of esters is 1. The van der Waals surface area contributed by atoms with Gasteiger partial charge in [0.05, 0.1) is 12.2 Å². The average Bonchev–Trinajstić information content (AvgIpc) is 2.74. The molecular formula is C24H31NO4. The van der Waals surface area contributed by atoms with Crippen molar-refractivity contribution >= 4 is 17.6 Å². The summed E-state index contributed by atoms with van der Waals surface area (Å²) >= 11 is 0. The summed E-state index contributed by atoms with van der Waals surface area (Å²) in [5.74, 6) is 0.720. The molecule has 2 aromatic carbocycles. The van der Waals surface area contributed by atoms with Gasteiger partial charge in [0.2, 0.25) is 5.91 Å². The summed E-state index contributed by atoms with van der Waals surface area (Å²) in [6.07, 6.45) is 7.77. The fraction of sp³-hybridized carbons (Fsp3) is 0.417. The molecule has 0 saturated carbocycles. The number of benzene rings is 2. The third-order valence-electron chi connectivity index (χ3n) is 4.53. The first-order valence-corrected chi connectivity index (χ1v) is 10.5. The molecule has 0 heterocycles. The van der Waals surface area contributed by atoms with E-state index < -0.39 is 5.97 Å². The molecule has 0 aliphatic carbocycles. The van der Waals surface area contributed by atoms with Crippen molar-refractivity contribution in [3.63, 3.8) is 0 Å². The van der Waals surface area contributed by atoms with Crippen molar-refractivity contribution in [2.24, 2.45) is 0 Å². The van der Waals surface area contributed by atoms with Gasteiger partial charge in [-0.25, -0.2) is 4.79 Å². The molecule has 5 nitrogen and oxygen atoms in total. The maximum Gasteiger partial charge on any atom is 0.343 e. The second-order valence-corrected chi connectivity index (χ2v) is 6.96. The first-order valence-electron chi connectivity index (χ1n) is 10.5. The monoisotopic (exact) mass is 397 g/mol. The van der Waals surface area contributed by atoms with Crippen molar-refractivity contribution in [3.8, 4) is 11.5 Å². The second-order valence-electron chi connectivity index (χ2n) is 6.96. The minimum Gasteiger partial charge on any atom is -0.494 e. The number of amides is 1. The number of rotatable bonds is 12. The van der Waals surface area contributed by atoms with Crippen molar-refractivity contribution in [1.29, 1.82) is 0 Å². The highest BCUT2D eigenvalue weighted by Crippen LogP contribution is 2.20. The van der Waals surface area contributed by atoms with E-state index in [1.54, 1.807) is 43.3 Å². The van der Waals surface area contributed by atoms with E-state index in [0.717, 1.165) is 12.2 Å². The molecule has 0 unspecified atom stereocenters. The number of carbonyl (C=O) groups is 2. The van der Waals surface area contributed by atoms with E-state index in [0.29, 0.717) is 30.0 Å². The molecule has 2 aromatic rings. The SMILES string of the molecule is CCCCCCCCOc1ccc(OC(=O)c2ccc(NC(=O)CC)cc2)cc1. The summed E-state index contributed by atoms with van der Waals surface area (Å²) in [4.78, 5) is 23.7. The fourth-order valence-corrected chi connectivity index (χ4v) is 2.78. The molecule has 2 rings (SSSR count). The largest absolute Gasteiger partial charge is 0.494 e. The standard InChI is InChI=1S/C24H31NO4/c1-3-5-6-7-8-9-18-28-21-14-16-22(17-15-21)29-24(27)19-10-12-20(13-11-19)25-23(26)4-2/h10-17H,3-9,18H2,1-2H3,(H,25,26). The third-order valence-corrected chi connectivity index (χ3v) is 4.53. The van der Waals surface area contributed by atoms with Crippen LogP contribution >= 0.6 is 0 Å². The zero-order valence-electron chi connectivity index (χ0n) is 17.4. The molecule has 0 aliphatic heterocycles. The van der Waals surface area contributed by atoms with Gasteiger partial charge in [-0.1, -0.05) is 46.0 Å². The average molecular weight is 398 g/mol. The van der Waals surface area contributed by atoms with Gasteiger partial charge in [0.25, 0.3) is 0 Å². The number of hydrogen-bond acceptors (Lipinski definition) is 4. The van der Waals surface area contributed by atoms with Crippen LogP contribution in [0.1, 0.15) is 69.2 Å². The molecule has 0 fully saturated rings. The van der Waals surface area contributed by atoms with Gasteiger partial charge in [-0.3, -0.25) is 4.79 Å². The molecule has 0 aromatic heterocycles. The highest BCUT2D eigenvalue weighted by atomic mass is 16.5. The quantitative estimate of drug-likeness (QED) is 0.271. The van der Waals surface area contributed by atoms with Gasteiger partial charge in [0.1, 0.15) is 11.5 Å². The van der Waals surface area contributed by atoms with Gasteiger partial charge in [0.15, 0.2) is 0 Å². The van der Waals surface area contributed by atoms with Crippen LogP contribution in [0.3, 0.4) is 0 Å². The predicted molar refractivity (Wildman–Crippen MR) is 116 cm³/mol. The predicted octanol–water partition coefficient (Wildman–Crippen LogP) is 5.99. The Morgan fingerprint density at radius 2 is 1.41 bits per heavy atom. The van der Waals surface area contributed by atoms with Crippen molar-refractivity contribution in [2.45, 2.75) is 58.8 Å². The Kier molecular flexibility index (Phi) is 9.76. The molecule has 0 atom stereocenters. The van der Waals surface area contributed by atoms with Gasteiger partial charge in [-0.2, -0.15) is 0 Å². The lowest BCUT2D eigenvalue weighted by molar-refractivity contribution is -0.115. The number of anilines is 1. The molecule has 0 radical (unpaired) electrons. The Morgan fingerprint density at radius 3 is 2.07 bits per heavy atom. The molecule has 0 spiro atoms. The molecule has 5 heteroatoms. The van der Waals surface area contributed by atoms with Crippen molar-refractivity contribution in [3.05, 3.63) is 54.1 Å². The summed E-state index contributed by atoms with van der Waals surface area (Å²) in [5.41, 5.74) is 1.07. The van der Waals surface area contributed by atoms with Gasteiger partial charge >= 0.3 is 5.97 Å². The molecular weight excluding hydrogens is 366 g/mol. The van der Waals surface area contributed by atoms with E-state index in [4.69, 9.17) is 9.47 Å². The van der Waals surface area contributed by atoms with E-state index in [-0.39, 0.29) is 5.91 Å². The van der Waals surface area contributed by atoms with Crippen LogP contribution < -0.4 is 14.8 Å².